The van der Waals surface area contributed by atoms with Gasteiger partial charge < -0.3 is 9.88 Å². The lowest BCUT2D eigenvalue weighted by Crippen LogP contribution is -2.15. The van der Waals surface area contributed by atoms with E-state index < -0.39 is 0 Å². The molecular weight excluding hydrogens is 258 g/mol. The highest BCUT2D eigenvalue weighted by atomic mass is 35.5. The van der Waals surface area contributed by atoms with E-state index in [-0.39, 0.29) is 0 Å². The molecule has 1 aliphatic rings. The van der Waals surface area contributed by atoms with Crippen molar-refractivity contribution in [2.75, 3.05) is 0 Å². The zero-order valence-electron chi connectivity index (χ0n) is 11.1. The van der Waals surface area contributed by atoms with Crippen molar-refractivity contribution in [3.63, 3.8) is 0 Å². The highest BCUT2D eigenvalue weighted by Crippen LogP contribution is 2.26. The first-order valence-electron chi connectivity index (χ1n) is 6.81. The topological polar surface area (TPSA) is 29.9 Å². The average Bonchev–Trinajstić information content (AvgIpc) is 3.13. The predicted molar refractivity (Wildman–Crippen MR) is 78.2 cm³/mol. The van der Waals surface area contributed by atoms with E-state index in [1.165, 1.54) is 12.8 Å². The molecule has 1 fully saturated rings. The van der Waals surface area contributed by atoms with Gasteiger partial charge in [-0.2, -0.15) is 0 Å². The Hall–Kier alpha value is -1.32. The van der Waals surface area contributed by atoms with Gasteiger partial charge in [0.1, 0.15) is 5.82 Å². The SMILES string of the molecule is CCn1ccnc1-c1ccc(Cl)c(CNC2CC2)c1. The van der Waals surface area contributed by atoms with Gasteiger partial charge in [-0.15, -0.1) is 0 Å². The van der Waals surface area contributed by atoms with Crippen LogP contribution in [0.2, 0.25) is 5.02 Å². The van der Waals surface area contributed by atoms with Crippen LogP contribution in [0.5, 0.6) is 0 Å². The molecule has 0 radical (unpaired) electrons. The van der Waals surface area contributed by atoms with Crippen LogP contribution < -0.4 is 5.32 Å². The fourth-order valence-electron chi connectivity index (χ4n) is 2.22. The second kappa shape index (κ2) is 5.35. The Bertz CT molecular complexity index is 573. The lowest BCUT2D eigenvalue weighted by Gasteiger charge is -2.09. The third kappa shape index (κ3) is 2.82. The molecule has 0 aliphatic heterocycles. The molecule has 1 aliphatic carbocycles. The molecule has 0 amide bonds. The van der Waals surface area contributed by atoms with E-state index in [0.29, 0.717) is 6.04 Å². The number of hydrogen-bond acceptors (Lipinski definition) is 2. The van der Waals surface area contributed by atoms with Gasteiger partial charge in [-0.05, 0) is 43.5 Å². The van der Waals surface area contributed by atoms with E-state index in [9.17, 15) is 0 Å². The maximum atomic E-state index is 6.27. The average molecular weight is 276 g/mol. The van der Waals surface area contributed by atoms with Gasteiger partial charge in [0.2, 0.25) is 0 Å². The van der Waals surface area contributed by atoms with Crippen LogP contribution in [0.1, 0.15) is 25.3 Å². The second-order valence-corrected chi connectivity index (χ2v) is 5.41. The molecule has 0 saturated heterocycles. The van der Waals surface area contributed by atoms with Gasteiger partial charge in [-0.1, -0.05) is 11.6 Å². The molecule has 0 bridgehead atoms. The number of benzene rings is 1. The van der Waals surface area contributed by atoms with Crippen LogP contribution in [0.3, 0.4) is 0 Å². The largest absolute Gasteiger partial charge is 0.331 e. The maximum Gasteiger partial charge on any atom is 0.139 e. The van der Waals surface area contributed by atoms with Crippen LogP contribution in [-0.2, 0) is 13.1 Å². The molecule has 0 atom stereocenters. The van der Waals surface area contributed by atoms with Crippen LogP contribution >= 0.6 is 11.6 Å². The van der Waals surface area contributed by atoms with Crippen molar-refractivity contribution in [1.82, 2.24) is 14.9 Å². The lowest BCUT2D eigenvalue weighted by atomic mass is 10.1. The molecule has 3 rings (SSSR count). The first-order chi connectivity index (χ1) is 9.28. The first-order valence-corrected chi connectivity index (χ1v) is 7.19. The molecule has 1 N–H and O–H groups in total. The predicted octanol–water partition coefficient (Wildman–Crippen LogP) is 3.48. The van der Waals surface area contributed by atoms with Crippen molar-refractivity contribution in [3.8, 4) is 11.4 Å². The van der Waals surface area contributed by atoms with Crippen molar-refractivity contribution in [2.45, 2.75) is 38.9 Å². The Morgan fingerprint density at radius 3 is 3.00 bits per heavy atom. The Morgan fingerprint density at radius 2 is 2.26 bits per heavy atom. The molecule has 1 aromatic heterocycles. The molecule has 1 aromatic carbocycles. The highest BCUT2D eigenvalue weighted by Gasteiger charge is 2.20. The number of halogens is 1. The number of imidazole rings is 1. The summed E-state index contributed by atoms with van der Waals surface area (Å²) in [5, 5.41) is 4.33. The number of aromatic nitrogens is 2. The van der Waals surface area contributed by atoms with E-state index in [2.05, 4.69) is 27.9 Å². The Kier molecular flexibility index (Phi) is 3.58. The van der Waals surface area contributed by atoms with E-state index in [4.69, 9.17) is 11.6 Å². The number of nitrogens with zero attached hydrogens (tertiary/aromatic N) is 2. The summed E-state index contributed by atoms with van der Waals surface area (Å²) in [6.07, 6.45) is 6.43. The standard InChI is InChI=1S/C15H18ClN3/c1-2-19-8-7-17-15(19)11-3-6-14(16)12(9-11)10-18-13-4-5-13/h3,6-9,13,18H,2,4-5,10H2,1H3. The maximum absolute atomic E-state index is 6.27. The quantitative estimate of drug-likeness (QED) is 0.905. The molecule has 19 heavy (non-hydrogen) atoms. The summed E-state index contributed by atoms with van der Waals surface area (Å²) >= 11 is 6.27. The van der Waals surface area contributed by atoms with Crippen molar-refractivity contribution in [1.29, 1.82) is 0 Å². The van der Waals surface area contributed by atoms with Crippen molar-refractivity contribution < 1.29 is 0 Å². The Morgan fingerprint density at radius 1 is 1.42 bits per heavy atom. The van der Waals surface area contributed by atoms with E-state index in [1.807, 2.05) is 24.5 Å². The van der Waals surface area contributed by atoms with Crippen LogP contribution in [0.4, 0.5) is 0 Å². The third-order valence-electron chi connectivity index (χ3n) is 3.52. The van der Waals surface area contributed by atoms with Crippen molar-refractivity contribution in [3.05, 3.63) is 41.2 Å². The summed E-state index contributed by atoms with van der Waals surface area (Å²) in [4.78, 5) is 4.44. The minimum atomic E-state index is 0.692. The zero-order chi connectivity index (χ0) is 13.2. The summed E-state index contributed by atoms with van der Waals surface area (Å²) in [7, 11) is 0. The monoisotopic (exact) mass is 275 g/mol. The molecule has 3 nitrogen and oxygen atoms in total. The van der Waals surface area contributed by atoms with Gasteiger partial charge in [-0.3, -0.25) is 0 Å². The molecule has 2 aromatic rings. The van der Waals surface area contributed by atoms with Crippen LogP contribution in [-0.4, -0.2) is 15.6 Å². The smallest absolute Gasteiger partial charge is 0.139 e. The second-order valence-electron chi connectivity index (χ2n) is 5.00. The van der Waals surface area contributed by atoms with Gasteiger partial charge >= 0.3 is 0 Å². The minimum absolute atomic E-state index is 0.692. The fourth-order valence-corrected chi connectivity index (χ4v) is 2.40. The van der Waals surface area contributed by atoms with Crippen molar-refractivity contribution in [2.24, 2.45) is 0 Å². The number of nitrogens with one attached hydrogen (secondary N) is 1. The summed E-state index contributed by atoms with van der Waals surface area (Å²) < 4.78 is 2.14. The number of aryl methyl sites for hydroxylation is 1. The normalized spacial score (nSPS) is 14.8. The molecule has 0 spiro atoms. The van der Waals surface area contributed by atoms with Crippen LogP contribution in [0.25, 0.3) is 11.4 Å². The van der Waals surface area contributed by atoms with E-state index in [0.717, 1.165) is 35.1 Å². The molecular formula is C15H18ClN3. The Balaban J connectivity index is 1.87. The number of rotatable bonds is 5. The summed E-state index contributed by atoms with van der Waals surface area (Å²) in [6.45, 7) is 3.88. The highest BCUT2D eigenvalue weighted by molar-refractivity contribution is 6.31. The fraction of sp³-hybridized carbons (Fsp3) is 0.400. The van der Waals surface area contributed by atoms with Gasteiger partial charge in [0, 0.05) is 42.1 Å². The van der Waals surface area contributed by atoms with Gasteiger partial charge in [0.05, 0.1) is 0 Å². The molecule has 0 unspecified atom stereocenters. The summed E-state index contributed by atoms with van der Waals surface area (Å²) in [5.74, 6) is 1.01. The molecule has 1 heterocycles. The molecule has 4 heteroatoms. The van der Waals surface area contributed by atoms with Crippen LogP contribution in [0.15, 0.2) is 30.6 Å². The summed E-state index contributed by atoms with van der Waals surface area (Å²) in [6, 6.07) is 6.84. The summed E-state index contributed by atoms with van der Waals surface area (Å²) in [5.41, 5.74) is 2.28. The Labute approximate surface area is 118 Å². The zero-order valence-corrected chi connectivity index (χ0v) is 11.8. The minimum Gasteiger partial charge on any atom is -0.331 e. The van der Waals surface area contributed by atoms with E-state index >= 15 is 0 Å². The first kappa shape index (κ1) is 12.7. The van der Waals surface area contributed by atoms with Crippen molar-refractivity contribution >= 4 is 11.6 Å². The molecule has 100 valence electrons. The number of hydrogen-bond donors (Lipinski definition) is 1. The lowest BCUT2D eigenvalue weighted by molar-refractivity contribution is 0.688. The molecule has 1 saturated carbocycles. The third-order valence-corrected chi connectivity index (χ3v) is 3.89. The van der Waals surface area contributed by atoms with Crippen LogP contribution in [0, 0.1) is 0 Å². The van der Waals surface area contributed by atoms with Gasteiger partial charge in [-0.25, -0.2) is 4.98 Å². The van der Waals surface area contributed by atoms with Gasteiger partial charge in [0.15, 0.2) is 0 Å². The van der Waals surface area contributed by atoms with E-state index in [1.54, 1.807) is 0 Å². The van der Waals surface area contributed by atoms with Gasteiger partial charge in [0.25, 0.3) is 0 Å².